The number of nitrogen functional groups attached to an aromatic ring is 1. The number of oxime groups is 1. The van der Waals surface area contributed by atoms with Crippen molar-refractivity contribution in [2.45, 2.75) is 23.4 Å². The molecule has 2 aliphatic rings. The predicted octanol–water partition coefficient (Wildman–Crippen LogP) is -0.153. The Morgan fingerprint density at radius 3 is 3.00 bits per heavy atom. The number of carboxylic acids is 1. The van der Waals surface area contributed by atoms with Crippen LogP contribution < -0.4 is 11.1 Å². The second-order valence-corrected chi connectivity index (χ2v) is 10.3. The van der Waals surface area contributed by atoms with Gasteiger partial charge in [-0.3, -0.25) is 19.5 Å². The molecule has 16 heteroatoms. The first-order valence-electron chi connectivity index (χ1n) is 9.71. The van der Waals surface area contributed by atoms with Crippen molar-refractivity contribution in [1.29, 1.82) is 0 Å². The van der Waals surface area contributed by atoms with Crippen LogP contribution in [0, 0.1) is 5.41 Å². The summed E-state index contributed by atoms with van der Waals surface area (Å²) in [6, 6.07) is -0.804. The Morgan fingerprint density at radius 1 is 1.55 bits per heavy atom. The average Bonchev–Trinajstić information content (AvgIpc) is 3.48. The van der Waals surface area contributed by atoms with Crippen LogP contribution in [0.5, 0.6) is 0 Å². The fourth-order valence-electron chi connectivity index (χ4n) is 3.32. The zero-order chi connectivity index (χ0) is 23.6. The van der Waals surface area contributed by atoms with Crippen LogP contribution in [0.2, 0.25) is 0 Å². The molecule has 2 amide bonds. The van der Waals surface area contributed by atoms with Gasteiger partial charge < -0.3 is 25.9 Å². The number of carbonyl (C=O) groups is 3. The molecular weight excluding hydrogens is 492 g/mol. The number of H-pyrrole nitrogens is 1. The van der Waals surface area contributed by atoms with E-state index in [1.807, 2.05) is 0 Å². The van der Waals surface area contributed by atoms with Crippen molar-refractivity contribution in [1.82, 2.24) is 30.6 Å². The molecule has 33 heavy (non-hydrogen) atoms. The Morgan fingerprint density at radius 2 is 2.36 bits per heavy atom. The van der Waals surface area contributed by atoms with Crippen LogP contribution in [-0.4, -0.2) is 90.0 Å². The maximum Gasteiger partial charge on any atom is 0.313 e. The van der Waals surface area contributed by atoms with Crippen molar-refractivity contribution in [3.8, 4) is 0 Å². The molecule has 0 aliphatic carbocycles. The van der Waals surface area contributed by atoms with E-state index in [2.05, 4.69) is 30.9 Å². The molecule has 2 fully saturated rings. The van der Waals surface area contributed by atoms with E-state index in [1.165, 1.54) is 34.6 Å². The molecule has 2 unspecified atom stereocenters. The molecule has 2 aromatic heterocycles. The van der Waals surface area contributed by atoms with Crippen LogP contribution in [-0.2, 0) is 19.2 Å². The lowest BCUT2D eigenvalue weighted by Gasteiger charge is -2.53. The molecule has 3 atom stereocenters. The van der Waals surface area contributed by atoms with Gasteiger partial charge in [0.15, 0.2) is 10.8 Å². The predicted molar refractivity (Wildman–Crippen MR) is 122 cm³/mol. The third-order valence-electron chi connectivity index (χ3n) is 5.05. The number of carboxylic acid groups (broad SMARTS) is 1. The molecule has 0 spiro atoms. The van der Waals surface area contributed by atoms with Gasteiger partial charge in [0.2, 0.25) is 5.91 Å². The fraction of sp³-hybridized carbons (Fsp3) is 0.471. The number of carbonyl (C=O) groups excluding carboxylic acids is 2. The maximum atomic E-state index is 12.9. The van der Waals surface area contributed by atoms with E-state index in [0.717, 1.165) is 11.3 Å². The number of rotatable bonds is 9. The van der Waals surface area contributed by atoms with Gasteiger partial charge in [-0.05, 0) is 6.92 Å². The fourth-order valence-corrected chi connectivity index (χ4v) is 6.51. The van der Waals surface area contributed by atoms with Gasteiger partial charge in [0, 0.05) is 23.4 Å². The second-order valence-electron chi connectivity index (χ2n) is 7.24. The van der Waals surface area contributed by atoms with Crippen LogP contribution in [0.3, 0.4) is 0 Å². The summed E-state index contributed by atoms with van der Waals surface area (Å²) in [6.45, 7) is 2.01. The van der Waals surface area contributed by atoms with Crippen LogP contribution in [0.15, 0.2) is 21.8 Å². The molecule has 2 saturated heterocycles. The first-order valence-corrected chi connectivity index (χ1v) is 12.6. The highest BCUT2D eigenvalue weighted by Gasteiger charge is 2.57. The summed E-state index contributed by atoms with van der Waals surface area (Å²) >= 11 is 3.75. The third-order valence-corrected chi connectivity index (χ3v) is 8.51. The third kappa shape index (κ3) is 4.63. The first-order chi connectivity index (χ1) is 15.8. The second kappa shape index (κ2) is 9.56. The van der Waals surface area contributed by atoms with Crippen LogP contribution >= 0.6 is 34.9 Å². The van der Waals surface area contributed by atoms with Gasteiger partial charge >= 0.3 is 5.97 Å². The maximum absolute atomic E-state index is 12.9. The average molecular weight is 513 g/mol. The number of fused-ring (bicyclic) bond motifs is 1. The number of hydrogen-bond donors (Lipinski definition) is 4. The molecule has 13 nitrogen and oxygen atoms in total. The zero-order valence-electron chi connectivity index (χ0n) is 17.3. The minimum absolute atomic E-state index is 0.0439. The molecular formula is C17H20N8O5S3. The number of β-lactam (4-membered cyclic amide) rings is 1. The lowest BCUT2D eigenvalue weighted by Crippen LogP contribution is -2.74. The smallest absolute Gasteiger partial charge is 0.313 e. The highest BCUT2D eigenvalue weighted by atomic mass is 32.2. The monoisotopic (exact) mass is 512 g/mol. The Kier molecular flexibility index (Phi) is 6.76. The molecule has 0 saturated carbocycles. The largest absolute Gasteiger partial charge is 0.481 e. The molecule has 176 valence electrons. The lowest BCUT2D eigenvalue weighted by atomic mass is 9.89. The topological polar surface area (TPSA) is 189 Å². The zero-order valence-corrected chi connectivity index (χ0v) is 19.7. The first kappa shape index (κ1) is 23.3. The molecule has 0 radical (unpaired) electrons. The van der Waals surface area contributed by atoms with E-state index in [1.54, 1.807) is 12.3 Å². The van der Waals surface area contributed by atoms with E-state index in [4.69, 9.17) is 10.6 Å². The van der Waals surface area contributed by atoms with Crippen LogP contribution in [0.25, 0.3) is 0 Å². The van der Waals surface area contributed by atoms with Crippen molar-refractivity contribution in [2.24, 2.45) is 10.6 Å². The quantitative estimate of drug-likeness (QED) is 0.151. The minimum Gasteiger partial charge on any atom is -0.481 e. The van der Waals surface area contributed by atoms with Gasteiger partial charge in [0.25, 0.3) is 5.91 Å². The number of hydrogen-bond acceptors (Lipinski definition) is 12. The van der Waals surface area contributed by atoms with Crippen molar-refractivity contribution < 1.29 is 24.3 Å². The van der Waals surface area contributed by atoms with Crippen LogP contribution in [0.1, 0.15) is 12.6 Å². The van der Waals surface area contributed by atoms with Crippen molar-refractivity contribution in [3.05, 3.63) is 17.3 Å². The minimum atomic E-state index is -1.14. The summed E-state index contributed by atoms with van der Waals surface area (Å²) in [4.78, 5) is 48.4. The summed E-state index contributed by atoms with van der Waals surface area (Å²) in [5.41, 5.74) is 4.68. The molecule has 0 aromatic carbocycles. The van der Waals surface area contributed by atoms with E-state index in [9.17, 15) is 19.5 Å². The SMILES string of the molecule is CCON=C(C(=O)NC1C(=O)N2CC(CSc3cnn[nH]3)(C(=O)O)CS[C@H]12)c1csc(N)n1. The lowest BCUT2D eigenvalue weighted by molar-refractivity contribution is -0.157. The number of nitrogens with one attached hydrogen (secondary N) is 2. The molecule has 4 heterocycles. The Hall–Kier alpha value is -2.85. The van der Waals surface area contributed by atoms with E-state index in [-0.39, 0.29) is 52.5 Å². The number of nitrogens with zero attached hydrogens (tertiary/aromatic N) is 5. The number of thioether (sulfide) groups is 2. The van der Waals surface area contributed by atoms with Gasteiger partial charge in [-0.2, -0.15) is 0 Å². The number of anilines is 1. The summed E-state index contributed by atoms with van der Waals surface area (Å²) in [6.07, 6.45) is 1.51. The summed E-state index contributed by atoms with van der Waals surface area (Å²) in [7, 11) is 0. The summed E-state index contributed by atoms with van der Waals surface area (Å²) in [5.74, 6) is -1.44. The van der Waals surface area contributed by atoms with Gasteiger partial charge in [-0.25, -0.2) is 4.98 Å². The number of nitrogens with two attached hydrogens (primary N) is 1. The Balaban J connectivity index is 1.43. The highest BCUT2D eigenvalue weighted by Crippen LogP contribution is 2.44. The number of aromatic amines is 1. The van der Waals surface area contributed by atoms with Crippen molar-refractivity contribution >= 4 is 63.5 Å². The van der Waals surface area contributed by atoms with Gasteiger partial charge in [-0.15, -0.1) is 40.0 Å². The van der Waals surface area contributed by atoms with Gasteiger partial charge in [0.05, 0.1) is 6.20 Å². The van der Waals surface area contributed by atoms with Crippen LogP contribution in [0.4, 0.5) is 5.13 Å². The Bertz CT molecular complexity index is 1080. The van der Waals surface area contributed by atoms with E-state index in [0.29, 0.717) is 5.03 Å². The molecule has 4 rings (SSSR count). The molecule has 2 aromatic rings. The summed E-state index contributed by atoms with van der Waals surface area (Å²) < 4.78 is 0. The standard InChI is InChI=1S/C17H20N8O5S3/c1-2-30-23-10(8-4-31-16(18)20-8)12(26)21-11-13(27)25-5-17(15(28)29,7-33-14(11)25)6-32-9-3-19-24-22-9/h3-4,11,14H,2,5-7H2,1H3,(H2,18,20)(H,21,26)(H,28,29)(H,19,22,24)/t11?,14-,17?/m1/s1. The van der Waals surface area contributed by atoms with Gasteiger partial charge in [-0.1, -0.05) is 10.4 Å². The van der Waals surface area contributed by atoms with E-state index >= 15 is 0 Å². The van der Waals surface area contributed by atoms with Crippen molar-refractivity contribution in [2.75, 3.05) is 30.4 Å². The van der Waals surface area contributed by atoms with Gasteiger partial charge in [0.1, 0.15) is 34.2 Å². The van der Waals surface area contributed by atoms with Crippen molar-refractivity contribution in [3.63, 3.8) is 0 Å². The highest BCUT2D eigenvalue weighted by molar-refractivity contribution is 8.00. The summed E-state index contributed by atoms with van der Waals surface area (Å²) in [5, 5.41) is 28.5. The number of amides is 2. The normalized spacial score (nSPS) is 24.7. The number of aliphatic carboxylic acids is 1. The number of aromatic nitrogens is 4. The molecule has 2 aliphatic heterocycles. The molecule has 0 bridgehead atoms. The Labute approximate surface area is 199 Å². The van der Waals surface area contributed by atoms with E-state index < -0.39 is 23.3 Å². The number of thiazole rings is 1. The molecule has 5 N–H and O–H groups in total.